The molecule has 0 aliphatic heterocycles. The molecule has 60 valence electrons. The maximum atomic E-state index is 12.8. The number of aromatic nitrogens is 1. The van der Waals surface area contributed by atoms with E-state index in [2.05, 4.69) is 4.98 Å². The molecule has 0 spiro atoms. The summed E-state index contributed by atoms with van der Waals surface area (Å²) in [5.74, 6) is -0.326. The Morgan fingerprint density at radius 2 is 2.27 bits per heavy atom. The molecule has 0 N–H and O–H groups in total. The van der Waals surface area contributed by atoms with Crippen LogP contribution in [0.25, 0.3) is 0 Å². The summed E-state index contributed by atoms with van der Waals surface area (Å²) < 4.78 is 18.4. The molecule has 1 heterocycles. The second kappa shape index (κ2) is 3.34. The van der Waals surface area contributed by atoms with E-state index in [1.807, 2.05) is 29.5 Å². The van der Waals surface area contributed by atoms with Gasteiger partial charge in [-0.25, -0.2) is 4.98 Å². The van der Waals surface area contributed by atoms with Crippen molar-refractivity contribution in [3.63, 3.8) is 0 Å². The van der Waals surface area contributed by atoms with Crippen molar-refractivity contribution in [1.29, 1.82) is 0 Å². The number of hydrogen-bond acceptors (Lipinski definition) is 2. The van der Waals surface area contributed by atoms with E-state index < -0.39 is 5.95 Å². The van der Waals surface area contributed by atoms with Crippen LogP contribution < -0.4 is 4.74 Å². The van der Waals surface area contributed by atoms with Crippen LogP contribution in [0.4, 0.5) is 4.39 Å². The van der Waals surface area contributed by atoms with Gasteiger partial charge in [0.25, 0.3) is 5.95 Å². The molecular weight excluding hydrogens is 260 g/mol. The van der Waals surface area contributed by atoms with Crippen LogP contribution in [0.3, 0.4) is 0 Å². The van der Waals surface area contributed by atoms with E-state index in [0.29, 0.717) is 0 Å². The zero-order valence-corrected chi connectivity index (χ0v) is 8.35. The number of nitrogens with zero attached hydrogens (tertiary/aromatic N) is 1. The van der Waals surface area contributed by atoms with E-state index in [1.165, 1.54) is 13.3 Å². The summed E-state index contributed by atoms with van der Waals surface area (Å²) in [6.45, 7) is 1.86. The number of aryl methyl sites for hydroxylation is 1. The average molecular weight is 267 g/mol. The van der Waals surface area contributed by atoms with Crippen molar-refractivity contribution in [1.82, 2.24) is 4.98 Å². The molecule has 0 bridgehead atoms. The highest BCUT2D eigenvalue weighted by Gasteiger charge is 2.09. The van der Waals surface area contributed by atoms with Crippen LogP contribution in [-0.4, -0.2) is 12.1 Å². The molecule has 1 aromatic rings. The molecule has 0 aliphatic rings. The fraction of sp³-hybridized carbons (Fsp3) is 0.286. The lowest BCUT2D eigenvalue weighted by Crippen LogP contribution is -1.96. The van der Waals surface area contributed by atoms with Gasteiger partial charge in [-0.1, -0.05) is 0 Å². The van der Waals surface area contributed by atoms with Crippen LogP contribution in [-0.2, 0) is 0 Å². The van der Waals surface area contributed by atoms with Gasteiger partial charge >= 0.3 is 0 Å². The number of rotatable bonds is 1. The Bertz CT molecular complexity index is 277. The zero-order valence-electron chi connectivity index (χ0n) is 6.19. The lowest BCUT2D eigenvalue weighted by atomic mass is 10.3. The molecule has 0 saturated heterocycles. The predicted molar refractivity (Wildman–Crippen MR) is 48.2 cm³/mol. The van der Waals surface area contributed by atoms with Crippen LogP contribution in [0.2, 0.25) is 0 Å². The molecule has 0 aromatic carbocycles. The number of ether oxygens (including phenoxy) is 1. The molecule has 2 nitrogen and oxygen atoms in total. The molecule has 4 heteroatoms. The van der Waals surface area contributed by atoms with Gasteiger partial charge in [0, 0.05) is 6.20 Å². The first kappa shape index (κ1) is 8.70. The third-order valence-electron chi connectivity index (χ3n) is 1.31. The van der Waals surface area contributed by atoms with Gasteiger partial charge in [0.1, 0.15) is 0 Å². The van der Waals surface area contributed by atoms with Crippen LogP contribution in [0, 0.1) is 16.4 Å². The first-order chi connectivity index (χ1) is 5.16. The van der Waals surface area contributed by atoms with E-state index in [1.54, 1.807) is 0 Å². The van der Waals surface area contributed by atoms with Crippen molar-refractivity contribution < 1.29 is 9.13 Å². The van der Waals surface area contributed by atoms with Gasteiger partial charge in [-0.2, -0.15) is 4.39 Å². The summed E-state index contributed by atoms with van der Waals surface area (Å²) in [4.78, 5) is 3.51. The smallest absolute Gasteiger partial charge is 0.256 e. The second-order valence-electron chi connectivity index (χ2n) is 2.08. The average Bonchev–Trinajstić information content (AvgIpc) is 1.99. The molecule has 0 amide bonds. The fourth-order valence-corrected chi connectivity index (χ4v) is 1.29. The Morgan fingerprint density at radius 3 is 2.73 bits per heavy atom. The van der Waals surface area contributed by atoms with E-state index in [9.17, 15) is 4.39 Å². The van der Waals surface area contributed by atoms with Gasteiger partial charge in [0.05, 0.1) is 10.7 Å². The molecule has 11 heavy (non-hydrogen) atoms. The normalized spacial score (nSPS) is 9.82. The first-order valence-corrected chi connectivity index (χ1v) is 4.09. The van der Waals surface area contributed by atoms with Crippen LogP contribution in [0.1, 0.15) is 5.56 Å². The molecule has 0 aliphatic carbocycles. The summed E-state index contributed by atoms with van der Waals surface area (Å²) in [6.07, 6.45) is 1.49. The molecule has 1 rings (SSSR count). The Labute approximate surface area is 77.9 Å². The molecular formula is C7H7FINO. The highest BCUT2D eigenvalue weighted by molar-refractivity contribution is 14.1. The van der Waals surface area contributed by atoms with Gasteiger partial charge in [0.15, 0.2) is 5.75 Å². The fourth-order valence-electron chi connectivity index (χ4n) is 0.712. The summed E-state index contributed by atoms with van der Waals surface area (Å²) in [7, 11) is 1.43. The van der Waals surface area contributed by atoms with Crippen molar-refractivity contribution in [3.8, 4) is 5.75 Å². The van der Waals surface area contributed by atoms with Crippen LogP contribution >= 0.6 is 22.6 Å². The van der Waals surface area contributed by atoms with Gasteiger partial charge in [-0.3, -0.25) is 0 Å². The summed E-state index contributed by atoms with van der Waals surface area (Å²) in [6, 6.07) is 0. The SMILES string of the molecule is COc1c(F)ncc(C)c1I. The Kier molecular flexibility index (Phi) is 2.64. The number of pyridine rings is 1. The minimum absolute atomic E-state index is 0.227. The Balaban J connectivity index is 3.29. The number of halogens is 2. The predicted octanol–water partition coefficient (Wildman–Crippen LogP) is 2.14. The summed E-state index contributed by atoms with van der Waals surface area (Å²) in [5.41, 5.74) is 0.920. The van der Waals surface area contributed by atoms with Crippen LogP contribution in [0.5, 0.6) is 5.75 Å². The molecule has 1 aromatic heterocycles. The van der Waals surface area contributed by atoms with Crippen molar-refractivity contribution in [2.45, 2.75) is 6.92 Å². The van der Waals surface area contributed by atoms with Gasteiger partial charge in [-0.05, 0) is 35.1 Å². The maximum absolute atomic E-state index is 12.8. The quantitative estimate of drug-likeness (QED) is 0.574. The lowest BCUT2D eigenvalue weighted by Gasteiger charge is -2.04. The van der Waals surface area contributed by atoms with Gasteiger partial charge in [0.2, 0.25) is 0 Å². The van der Waals surface area contributed by atoms with E-state index in [4.69, 9.17) is 4.74 Å². The molecule has 0 radical (unpaired) electrons. The third kappa shape index (κ3) is 1.61. The minimum atomic E-state index is -0.553. The second-order valence-corrected chi connectivity index (χ2v) is 3.16. The number of hydrogen-bond donors (Lipinski definition) is 0. The molecule has 0 atom stereocenters. The highest BCUT2D eigenvalue weighted by atomic mass is 127. The highest BCUT2D eigenvalue weighted by Crippen LogP contribution is 2.24. The Morgan fingerprint density at radius 1 is 1.64 bits per heavy atom. The van der Waals surface area contributed by atoms with Crippen molar-refractivity contribution >= 4 is 22.6 Å². The Hall–Kier alpha value is -0.390. The van der Waals surface area contributed by atoms with Crippen molar-refractivity contribution in [2.75, 3.05) is 7.11 Å². The molecule has 0 saturated carbocycles. The van der Waals surface area contributed by atoms with E-state index >= 15 is 0 Å². The van der Waals surface area contributed by atoms with E-state index in [-0.39, 0.29) is 5.75 Å². The summed E-state index contributed by atoms with van der Waals surface area (Å²) in [5, 5.41) is 0. The monoisotopic (exact) mass is 267 g/mol. The topological polar surface area (TPSA) is 22.1 Å². The van der Waals surface area contributed by atoms with Crippen LogP contribution in [0.15, 0.2) is 6.20 Å². The molecule has 0 unspecified atom stereocenters. The minimum Gasteiger partial charge on any atom is -0.491 e. The molecule has 0 fully saturated rings. The van der Waals surface area contributed by atoms with E-state index in [0.717, 1.165) is 9.13 Å². The summed E-state index contributed by atoms with van der Waals surface area (Å²) >= 11 is 2.03. The number of methoxy groups -OCH3 is 1. The van der Waals surface area contributed by atoms with Crippen molar-refractivity contribution in [3.05, 3.63) is 21.3 Å². The lowest BCUT2D eigenvalue weighted by molar-refractivity contribution is 0.374. The largest absolute Gasteiger partial charge is 0.491 e. The zero-order chi connectivity index (χ0) is 8.43. The van der Waals surface area contributed by atoms with Crippen molar-refractivity contribution in [2.24, 2.45) is 0 Å². The standard InChI is InChI=1S/C7H7FINO/c1-4-3-10-7(8)6(11-2)5(4)9/h3H,1-2H3. The maximum Gasteiger partial charge on any atom is 0.256 e. The third-order valence-corrected chi connectivity index (χ3v) is 2.65. The first-order valence-electron chi connectivity index (χ1n) is 3.01. The van der Waals surface area contributed by atoms with Gasteiger partial charge in [-0.15, -0.1) is 0 Å². The van der Waals surface area contributed by atoms with Gasteiger partial charge < -0.3 is 4.74 Å².